The van der Waals surface area contributed by atoms with Crippen molar-refractivity contribution >= 4 is 17.7 Å². The van der Waals surface area contributed by atoms with Gasteiger partial charge in [-0.2, -0.15) is 0 Å². The number of carbonyl (C=O) groups is 2. The number of hydrogen-bond acceptors (Lipinski definition) is 5. The third-order valence-electron chi connectivity index (χ3n) is 3.39. The SMILES string of the molecule is CCOC(=O)c1ccc(N2CCNC(=O)C2(C)C)nc1. The van der Waals surface area contributed by atoms with E-state index in [4.69, 9.17) is 4.74 Å². The van der Waals surface area contributed by atoms with Crippen LogP contribution in [0.3, 0.4) is 0 Å². The second-order valence-corrected chi connectivity index (χ2v) is 5.09. The molecule has 1 amide bonds. The maximum atomic E-state index is 11.9. The zero-order valence-electron chi connectivity index (χ0n) is 12.0. The van der Waals surface area contributed by atoms with Gasteiger partial charge < -0.3 is 15.0 Å². The highest BCUT2D eigenvalue weighted by Crippen LogP contribution is 2.24. The van der Waals surface area contributed by atoms with E-state index >= 15 is 0 Å². The Kier molecular flexibility index (Phi) is 3.92. The van der Waals surface area contributed by atoms with Crippen LogP contribution in [0.15, 0.2) is 18.3 Å². The van der Waals surface area contributed by atoms with Crippen molar-refractivity contribution < 1.29 is 14.3 Å². The summed E-state index contributed by atoms with van der Waals surface area (Å²) in [6.45, 7) is 7.06. The monoisotopic (exact) mass is 277 g/mol. The molecule has 2 rings (SSSR count). The predicted molar refractivity (Wildman–Crippen MR) is 74.6 cm³/mol. The molecule has 0 spiro atoms. The lowest BCUT2D eigenvalue weighted by Gasteiger charge is -2.42. The second-order valence-electron chi connectivity index (χ2n) is 5.09. The number of pyridine rings is 1. The molecule has 6 heteroatoms. The highest BCUT2D eigenvalue weighted by molar-refractivity contribution is 5.91. The molecule has 0 atom stereocenters. The van der Waals surface area contributed by atoms with Gasteiger partial charge in [-0.1, -0.05) is 0 Å². The molecule has 20 heavy (non-hydrogen) atoms. The predicted octanol–water partition coefficient (Wildman–Crippen LogP) is 0.973. The van der Waals surface area contributed by atoms with Gasteiger partial charge in [0, 0.05) is 19.3 Å². The number of anilines is 1. The first-order valence-electron chi connectivity index (χ1n) is 6.66. The van der Waals surface area contributed by atoms with E-state index in [0.29, 0.717) is 31.1 Å². The number of hydrogen-bond donors (Lipinski definition) is 1. The zero-order valence-corrected chi connectivity index (χ0v) is 12.0. The summed E-state index contributed by atoms with van der Waals surface area (Å²) < 4.78 is 4.91. The number of esters is 1. The number of rotatable bonds is 3. The van der Waals surface area contributed by atoms with Gasteiger partial charge in [0.15, 0.2) is 0 Å². The minimum Gasteiger partial charge on any atom is -0.462 e. The lowest BCUT2D eigenvalue weighted by molar-refractivity contribution is -0.126. The van der Waals surface area contributed by atoms with Crippen molar-refractivity contribution in [3.63, 3.8) is 0 Å². The third kappa shape index (κ3) is 2.59. The molecule has 108 valence electrons. The van der Waals surface area contributed by atoms with Gasteiger partial charge in [0.25, 0.3) is 0 Å². The molecule has 1 N–H and O–H groups in total. The second kappa shape index (κ2) is 5.48. The number of nitrogens with one attached hydrogen (secondary N) is 1. The van der Waals surface area contributed by atoms with Crippen LogP contribution in [0.4, 0.5) is 5.82 Å². The van der Waals surface area contributed by atoms with Gasteiger partial charge in [-0.3, -0.25) is 4.79 Å². The van der Waals surface area contributed by atoms with Gasteiger partial charge >= 0.3 is 5.97 Å². The molecule has 0 unspecified atom stereocenters. The number of piperazine rings is 1. The molecule has 6 nitrogen and oxygen atoms in total. The normalized spacial score (nSPS) is 17.6. The Morgan fingerprint density at radius 1 is 1.50 bits per heavy atom. The van der Waals surface area contributed by atoms with E-state index in [-0.39, 0.29) is 11.9 Å². The fourth-order valence-electron chi connectivity index (χ4n) is 2.18. The standard InChI is InChI=1S/C14H19N3O3/c1-4-20-12(18)10-5-6-11(16-9-10)17-8-7-15-13(19)14(17,2)3/h5-6,9H,4,7-8H2,1-3H3,(H,15,19). The maximum absolute atomic E-state index is 11.9. The molecular formula is C14H19N3O3. The van der Waals surface area contributed by atoms with E-state index in [1.807, 2.05) is 18.7 Å². The van der Waals surface area contributed by atoms with Crippen molar-refractivity contribution in [3.8, 4) is 0 Å². The van der Waals surface area contributed by atoms with Gasteiger partial charge in [0.2, 0.25) is 5.91 Å². The first-order chi connectivity index (χ1) is 9.46. The van der Waals surface area contributed by atoms with Crippen LogP contribution >= 0.6 is 0 Å². The van der Waals surface area contributed by atoms with Crippen LogP contribution in [0, 0.1) is 0 Å². The van der Waals surface area contributed by atoms with Crippen LogP contribution in [0.25, 0.3) is 0 Å². The van der Waals surface area contributed by atoms with E-state index in [1.54, 1.807) is 19.1 Å². The van der Waals surface area contributed by atoms with E-state index in [9.17, 15) is 9.59 Å². The van der Waals surface area contributed by atoms with Gasteiger partial charge in [-0.15, -0.1) is 0 Å². The zero-order chi connectivity index (χ0) is 14.8. The Balaban J connectivity index is 2.21. The van der Waals surface area contributed by atoms with Gasteiger partial charge in [0.1, 0.15) is 11.4 Å². The Morgan fingerprint density at radius 3 is 2.85 bits per heavy atom. The summed E-state index contributed by atoms with van der Waals surface area (Å²) in [4.78, 5) is 29.7. The molecule has 0 bridgehead atoms. The number of nitrogens with zero attached hydrogens (tertiary/aromatic N) is 2. The topological polar surface area (TPSA) is 71.5 Å². The molecule has 0 aromatic carbocycles. The van der Waals surface area contributed by atoms with E-state index < -0.39 is 5.54 Å². The lowest BCUT2D eigenvalue weighted by atomic mass is 9.99. The molecule has 1 fully saturated rings. The molecule has 1 saturated heterocycles. The minimum atomic E-state index is -0.656. The van der Waals surface area contributed by atoms with Gasteiger partial charge in [-0.25, -0.2) is 9.78 Å². The van der Waals surface area contributed by atoms with Crippen LogP contribution in [0.2, 0.25) is 0 Å². The van der Waals surface area contributed by atoms with Gasteiger partial charge in [0.05, 0.1) is 12.2 Å². The molecule has 0 radical (unpaired) electrons. The largest absolute Gasteiger partial charge is 0.462 e. The summed E-state index contributed by atoms with van der Waals surface area (Å²) in [5.41, 5.74) is -0.244. The Bertz CT molecular complexity index is 511. The average Bonchev–Trinajstić information content (AvgIpc) is 2.42. The summed E-state index contributed by atoms with van der Waals surface area (Å²) in [6.07, 6.45) is 1.48. The van der Waals surface area contributed by atoms with E-state index in [0.717, 1.165) is 0 Å². The third-order valence-corrected chi connectivity index (χ3v) is 3.39. The molecule has 1 aromatic heterocycles. The van der Waals surface area contributed by atoms with Crippen LogP contribution in [-0.2, 0) is 9.53 Å². The molecule has 0 saturated carbocycles. The highest BCUT2D eigenvalue weighted by Gasteiger charge is 2.38. The number of aromatic nitrogens is 1. The minimum absolute atomic E-state index is 0.0278. The van der Waals surface area contributed by atoms with E-state index in [1.165, 1.54) is 6.20 Å². The summed E-state index contributed by atoms with van der Waals surface area (Å²) in [6, 6.07) is 3.41. The van der Waals surface area contributed by atoms with Crippen LogP contribution in [0.5, 0.6) is 0 Å². The fraction of sp³-hybridized carbons (Fsp3) is 0.500. The maximum Gasteiger partial charge on any atom is 0.339 e. The average molecular weight is 277 g/mol. The molecule has 2 heterocycles. The van der Waals surface area contributed by atoms with Crippen LogP contribution < -0.4 is 10.2 Å². The Morgan fingerprint density at radius 2 is 2.25 bits per heavy atom. The number of ether oxygens (including phenoxy) is 1. The first kappa shape index (κ1) is 14.3. The molecule has 0 aliphatic carbocycles. The van der Waals surface area contributed by atoms with Crippen molar-refractivity contribution in [1.29, 1.82) is 0 Å². The van der Waals surface area contributed by atoms with E-state index in [2.05, 4.69) is 10.3 Å². The Hall–Kier alpha value is -2.11. The van der Waals surface area contributed by atoms with Crippen molar-refractivity contribution in [2.45, 2.75) is 26.3 Å². The molecular weight excluding hydrogens is 258 g/mol. The van der Waals surface area contributed by atoms with Crippen LogP contribution in [0.1, 0.15) is 31.1 Å². The van der Waals surface area contributed by atoms with Crippen molar-refractivity contribution in [2.24, 2.45) is 0 Å². The number of carbonyl (C=O) groups excluding carboxylic acids is 2. The summed E-state index contributed by atoms with van der Waals surface area (Å²) in [7, 11) is 0. The first-order valence-corrected chi connectivity index (χ1v) is 6.66. The lowest BCUT2D eigenvalue weighted by Crippen LogP contribution is -2.62. The summed E-state index contributed by atoms with van der Waals surface area (Å²) >= 11 is 0. The smallest absolute Gasteiger partial charge is 0.339 e. The highest BCUT2D eigenvalue weighted by atomic mass is 16.5. The van der Waals surface area contributed by atoms with Crippen LogP contribution in [-0.4, -0.2) is 42.1 Å². The van der Waals surface area contributed by atoms with Crippen molar-refractivity contribution in [1.82, 2.24) is 10.3 Å². The van der Waals surface area contributed by atoms with Crippen molar-refractivity contribution in [2.75, 3.05) is 24.6 Å². The number of amides is 1. The van der Waals surface area contributed by atoms with Gasteiger partial charge in [-0.05, 0) is 32.9 Å². The molecule has 1 aliphatic heterocycles. The summed E-state index contributed by atoms with van der Waals surface area (Å²) in [5, 5.41) is 2.84. The summed E-state index contributed by atoms with van der Waals surface area (Å²) in [5.74, 6) is 0.264. The molecule has 1 aliphatic rings. The quantitative estimate of drug-likeness (QED) is 0.834. The fourth-order valence-corrected chi connectivity index (χ4v) is 2.18. The van der Waals surface area contributed by atoms with Crippen molar-refractivity contribution in [3.05, 3.63) is 23.9 Å². The Labute approximate surface area is 118 Å². The molecule has 1 aromatic rings.